The molecular formula is C19H20N2O3. The summed E-state index contributed by atoms with van der Waals surface area (Å²) in [6.07, 6.45) is 0.597. The molecule has 0 bridgehead atoms. The highest BCUT2D eigenvalue weighted by Gasteiger charge is 2.30. The molecule has 1 amide bonds. The van der Waals surface area contributed by atoms with Gasteiger partial charge in [0.15, 0.2) is 0 Å². The third kappa shape index (κ3) is 3.63. The largest absolute Gasteiger partial charge is 0.481 e. The molecule has 124 valence electrons. The minimum atomic E-state index is -0.784. The molecule has 1 aliphatic rings. The van der Waals surface area contributed by atoms with Crippen molar-refractivity contribution >= 4 is 23.3 Å². The molecule has 0 radical (unpaired) electrons. The lowest BCUT2D eigenvalue weighted by Gasteiger charge is -2.25. The predicted octanol–water partition coefficient (Wildman–Crippen LogP) is 2.76. The number of anilines is 2. The van der Waals surface area contributed by atoms with Crippen molar-refractivity contribution in [3.05, 3.63) is 60.7 Å². The van der Waals surface area contributed by atoms with E-state index < -0.39 is 5.97 Å². The maximum atomic E-state index is 12.9. The summed E-state index contributed by atoms with van der Waals surface area (Å²) in [7, 11) is 0. The zero-order chi connectivity index (χ0) is 16.9. The first kappa shape index (κ1) is 16.2. The van der Waals surface area contributed by atoms with Crippen molar-refractivity contribution < 1.29 is 14.7 Å². The van der Waals surface area contributed by atoms with E-state index in [2.05, 4.69) is 0 Å². The summed E-state index contributed by atoms with van der Waals surface area (Å²) in [5.74, 6) is -1.22. The van der Waals surface area contributed by atoms with Crippen LogP contribution in [0.3, 0.4) is 0 Å². The number of hydrogen-bond acceptors (Lipinski definition) is 3. The molecular weight excluding hydrogens is 304 g/mol. The molecule has 2 aromatic carbocycles. The van der Waals surface area contributed by atoms with Gasteiger partial charge in [0.2, 0.25) is 5.91 Å². The monoisotopic (exact) mass is 324 g/mol. The van der Waals surface area contributed by atoms with Crippen molar-refractivity contribution in [2.75, 3.05) is 24.5 Å². The van der Waals surface area contributed by atoms with Gasteiger partial charge in [-0.3, -0.25) is 19.4 Å². The molecule has 24 heavy (non-hydrogen) atoms. The Morgan fingerprint density at radius 3 is 2.00 bits per heavy atom. The summed E-state index contributed by atoms with van der Waals surface area (Å²) in [4.78, 5) is 27.6. The molecule has 3 rings (SSSR count). The highest BCUT2D eigenvalue weighted by molar-refractivity contribution is 6.01. The molecule has 1 unspecified atom stereocenters. The Labute approximate surface area is 141 Å². The van der Waals surface area contributed by atoms with E-state index in [0.717, 1.165) is 11.4 Å². The first-order chi connectivity index (χ1) is 11.6. The molecule has 1 aliphatic heterocycles. The third-order valence-electron chi connectivity index (χ3n) is 4.26. The number of nitrogens with zero attached hydrogens (tertiary/aromatic N) is 2. The maximum absolute atomic E-state index is 12.9. The zero-order valence-electron chi connectivity index (χ0n) is 13.3. The molecule has 0 spiro atoms. The van der Waals surface area contributed by atoms with Gasteiger partial charge in [-0.1, -0.05) is 36.4 Å². The highest BCUT2D eigenvalue weighted by atomic mass is 16.4. The highest BCUT2D eigenvalue weighted by Crippen LogP contribution is 2.26. The number of likely N-dealkylation sites (tertiary alicyclic amines) is 1. The molecule has 5 heteroatoms. The predicted molar refractivity (Wildman–Crippen MR) is 92.2 cm³/mol. The van der Waals surface area contributed by atoms with Gasteiger partial charge in [0.25, 0.3) is 0 Å². The van der Waals surface area contributed by atoms with E-state index in [-0.39, 0.29) is 18.4 Å². The standard InChI is InChI=1S/C19H20N2O3/c22-18(14-20-12-11-15(13-20)19(23)24)21(16-7-3-1-4-8-16)17-9-5-2-6-10-17/h1-10,15H,11-14H2,(H,23,24). The minimum Gasteiger partial charge on any atom is -0.481 e. The normalized spacial score (nSPS) is 17.6. The van der Waals surface area contributed by atoms with Crippen molar-refractivity contribution in [3.8, 4) is 0 Å². The second-order valence-corrected chi connectivity index (χ2v) is 5.96. The number of benzene rings is 2. The fourth-order valence-corrected chi connectivity index (χ4v) is 3.03. The van der Waals surface area contributed by atoms with Crippen molar-refractivity contribution in [1.82, 2.24) is 4.90 Å². The average molecular weight is 324 g/mol. The van der Waals surface area contributed by atoms with E-state index >= 15 is 0 Å². The van der Waals surface area contributed by atoms with Crippen molar-refractivity contribution in [1.29, 1.82) is 0 Å². The first-order valence-corrected chi connectivity index (χ1v) is 8.03. The van der Waals surface area contributed by atoms with Crippen LogP contribution in [-0.2, 0) is 9.59 Å². The molecule has 0 aromatic heterocycles. The number of amides is 1. The summed E-state index contributed by atoms with van der Waals surface area (Å²) >= 11 is 0. The summed E-state index contributed by atoms with van der Waals surface area (Å²) < 4.78 is 0. The summed E-state index contributed by atoms with van der Waals surface area (Å²) in [6.45, 7) is 1.28. The Morgan fingerprint density at radius 1 is 1.00 bits per heavy atom. The van der Waals surface area contributed by atoms with Gasteiger partial charge < -0.3 is 5.11 Å². The van der Waals surface area contributed by atoms with Crippen LogP contribution in [0.25, 0.3) is 0 Å². The van der Waals surface area contributed by atoms with E-state index in [1.54, 1.807) is 4.90 Å². The van der Waals surface area contributed by atoms with Crippen LogP contribution >= 0.6 is 0 Å². The lowest BCUT2D eigenvalue weighted by atomic mass is 10.1. The van der Waals surface area contributed by atoms with Gasteiger partial charge in [0, 0.05) is 17.9 Å². The zero-order valence-corrected chi connectivity index (χ0v) is 13.3. The minimum absolute atomic E-state index is 0.0570. The SMILES string of the molecule is O=C(O)C1CCN(CC(=O)N(c2ccccc2)c2ccccc2)C1. The first-order valence-electron chi connectivity index (χ1n) is 8.03. The van der Waals surface area contributed by atoms with Gasteiger partial charge in [-0.25, -0.2) is 0 Å². The number of para-hydroxylation sites is 2. The number of aliphatic carboxylic acids is 1. The number of carboxylic acids is 1. The average Bonchev–Trinajstić information content (AvgIpc) is 3.06. The lowest BCUT2D eigenvalue weighted by molar-refractivity contribution is -0.141. The van der Waals surface area contributed by atoms with Gasteiger partial charge in [0.1, 0.15) is 0 Å². The number of hydrogen-bond donors (Lipinski definition) is 1. The molecule has 0 aliphatic carbocycles. The summed E-state index contributed by atoms with van der Waals surface area (Å²) in [5.41, 5.74) is 1.62. The van der Waals surface area contributed by atoms with Gasteiger partial charge in [-0.05, 0) is 37.2 Å². The van der Waals surface area contributed by atoms with Crippen LogP contribution in [0.2, 0.25) is 0 Å². The molecule has 1 N–H and O–H groups in total. The molecule has 1 fully saturated rings. The lowest BCUT2D eigenvalue weighted by Crippen LogP contribution is -2.37. The quantitative estimate of drug-likeness (QED) is 0.919. The Bertz CT molecular complexity index is 664. The Morgan fingerprint density at radius 2 is 1.54 bits per heavy atom. The number of carboxylic acid groups (broad SMARTS) is 1. The molecule has 1 heterocycles. The number of carbonyl (C=O) groups is 2. The molecule has 5 nitrogen and oxygen atoms in total. The van der Waals surface area contributed by atoms with Crippen LogP contribution in [0.1, 0.15) is 6.42 Å². The van der Waals surface area contributed by atoms with Gasteiger partial charge >= 0.3 is 5.97 Å². The van der Waals surface area contributed by atoms with Crippen molar-refractivity contribution in [2.45, 2.75) is 6.42 Å². The van der Waals surface area contributed by atoms with Gasteiger partial charge in [-0.2, -0.15) is 0 Å². The topological polar surface area (TPSA) is 60.9 Å². The van der Waals surface area contributed by atoms with E-state index in [9.17, 15) is 9.59 Å². The smallest absolute Gasteiger partial charge is 0.307 e. The second-order valence-electron chi connectivity index (χ2n) is 5.96. The van der Waals surface area contributed by atoms with Gasteiger partial charge in [0.05, 0.1) is 12.5 Å². The van der Waals surface area contributed by atoms with Crippen LogP contribution in [0.4, 0.5) is 11.4 Å². The van der Waals surface area contributed by atoms with Crippen molar-refractivity contribution in [2.24, 2.45) is 5.92 Å². The van der Waals surface area contributed by atoms with Crippen molar-refractivity contribution in [3.63, 3.8) is 0 Å². The van der Waals surface area contributed by atoms with Crippen LogP contribution in [0, 0.1) is 5.92 Å². The molecule has 2 aromatic rings. The Kier molecular flexibility index (Phi) is 4.91. The third-order valence-corrected chi connectivity index (χ3v) is 4.26. The van der Waals surface area contributed by atoms with Crippen LogP contribution < -0.4 is 4.90 Å². The van der Waals surface area contributed by atoms with Crippen LogP contribution in [-0.4, -0.2) is 41.5 Å². The fourth-order valence-electron chi connectivity index (χ4n) is 3.03. The van der Waals surface area contributed by atoms with Crippen LogP contribution in [0.15, 0.2) is 60.7 Å². The Balaban J connectivity index is 1.79. The number of carbonyl (C=O) groups excluding carboxylic acids is 1. The summed E-state index contributed by atoms with van der Waals surface area (Å²) in [6, 6.07) is 19.0. The van der Waals surface area contributed by atoms with E-state index in [1.807, 2.05) is 65.6 Å². The summed E-state index contributed by atoms with van der Waals surface area (Å²) in [5, 5.41) is 9.11. The van der Waals surface area contributed by atoms with E-state index in [1.165, 1.54) is 0 Å². The second kappa shape index (κ2) is 7.27. The molecule has 0 saturated carbocycles. The van der Waals surface area contributed by atoms with Gasteiger partial charge in [-0.15, -0.1) is 0 Å². The molecule has 1 saturated heterocycles. The fraction of sp³-hybridized carbons (Fsp3) is 0.263. The Hall–Kier alpha value is -2.66. The molecule has 1 atom stereocenters. The van der Waals surface area contributed by atoms with E-state index in [4.69, 9.17) is 5.11 Å². The number of rotatable bonds is 5. The van der Waals surface area contributed by atoms with E-state index in [0.29, 0.717) is 19.5 Å². The van der Waals surface area contributed by atoms with Crippen LogP contribution in [0.5, 0.6) is 0 Å². The maximum Gasteiger partial charge on any atom is 0.307 e.